The van der Waals surface area contributed by atoms with Gasteiger partial charge in [-0.05, 0) is 13.8 Å². The number of anilines is 5. The van der Waals surface area contributed by atoms with E-state index in [1.807, 2.05) is 0 Å². The quantitative estimate of drug-likeness (QED) is 0.00947. The second-order valence-corrected chi connectivity index (χ2v) is 23.2. The van der Waals surface area contributed by atoms with Crippen LogP contribution < -0.4 is 39.5 Å². The Labute approximate surface area is 601 Å². The fourth-order valence-corrected chi connectivity index (χ4v) is 11.0. The maximum Gasteiger partial charge on any atom is 0.341 e. The lowest BCUT2D eigenvalue weighted by Crippen LogP contribution is -2.33. The molecule has 0 radical (unpaired) electrons. The molecule has 4 unspecified atom stereocenters. The number of fused-ring (bicyclic) bond motifs is 4. The van der Waals surface area contributed by atoms with Crippen molar-refractivity contribution in [3.8, 4) is 11.9 Å². The molecule has 108 heavy (non-hydrogen) atoms. The summed E-state index contributed by atoms with van der Waals surface area (Å²) in [6.45, 7) is 1.89. The van der Waals surface area contributed by atoms with Gasteiger partial charge in [-0.3, -0.25) is 33.3 Å². The molecule has 0 aliphatic carbocycles. The summed E-state index contributed by atoms with van der Waals surface area (Å²) in [5, 5.41) is 127. The Hall–Kier alpha value is -11.4. The molecule has 14 heterocycles. The molecule has 50 nitrogen and oxygen atoms in total. The zero-order valence-electron chi connectivity index (χ0n) is 56.4. The van der Waals surface area contributed by atoms with Crippen LogP contribution in [-0.4, -0.2) is 309 Å². The highest BCUT2D eigenvalue weighted by atomic mass is 19.1. The van der Waals surface area contributed by atoms with Gasteiger partial charge in [0.25, 0.3) is 17.8 Å². The summed E-state index contributed by atoms with van der Waals surface area (Å²) in [4.78, 5) is 102. The summed E-state index contributed by atoms with van der Waals surface area (Å²) in [6.07, 6.45) is -7.79. The number of imidazole rings is 4. The summed E-state index contributed by atoms with van der Waals surface area (Å²) in [5.74, 6) is 2.65. The Morgan fingerprint density at radius 2 is 0.852 bits per heavy atom. The van der Waals surface area contributed by atoms with Gasteiger partial charge in [0, 0.05) is 19.4 Å². The number of hydrazine groups is 1. The number of nitrogens with zero attached hydrogens (tertiary/aromatic N) is 20. The summed E-state index contributed by atoms with van der Waals surface area (Å²) in [5.41, 5.74) is 27.8. The van der Waals surface area contributed by atoms with Crippen LogP contribution in [-0.2, 0) is 42.8 Å². The minimum Gasteiger partial charge on any atom is -0.465 e. The van der Waals surface area contributed by atoms with E-state index in [2.05, 4.69) is 85.5 Å². The molecule has 580 valence electrons. The third kappa shape index (κ3) is 15.9. The SMILES string of the molecule is CCOC(=O)C(C=O)C=O.CCOC(=O)c1cnn(-c2nc(N)c3ncn([C@@H]4O[C@H](CO)C(O)[C@@H]4O)c3n2)c1.CNC(=O)c1cnn(-c2nc(N)c3ncn([C@@H]4O[C@H](CO)C(O)[C@@H]4O)c3n2)c1.NNc1nc(N)c2ncn([C@@H]3O[C@H](CO)C(O)[C@@H]3O)c2n1.Nc1nc(F)nc2c1ncn2[C@@H]1O[C@H](CO)C(O)[C@@H]1O. The van der Waals surface area contributed by atoms with E-state index >= 15 is 0 Å². The number of carbonyl (C=O) groups excluding carboxylic acids is 5. The molecule has 4 saturated heterocycles. The van der Waals surface area contributed by atoms with Gasteiger partial charge in [-0.25, -0.2) is 39.9 Å². The van der Waals surface area contributed by atoms with Gasteiger partial charge in [0.05, 0.1) is 88.5 Å². The minimum atomic E-state index is -1.32. The molecule has 14 rings (SSSR count). The first-order valence-electron chi connectivity index (χ1n) is 31.9. The smallest absolute Gasteiger partial charge is 0.341 e. The van der Waals surface area contributed by atoms with E-state index in [9.17, 15) is 79.4 Å². The Bertz CT molecular complexity index is 4820. The van der Waals surface area contributed by atoms with Crippen LogP contribution in [0.5, 0.6) is 0 Å². The Balaban J connectivity index is 0.000000149. The summed E-state index contributed by atoms with van der Waals surface area (Å²) in [7, 11) is 1.50. The molecular weight excluding hydrogens is 1450 g/mol. The molecule has 24 N–H and O–H groups in total. The zero-order chi connectivity index (χ0) is 78.3. The van der Waals surface area contributed by atoms with Gasteiger partial charge in [-0.15, -0.1) is 0 Å². The van der Waals surface area contributed by atoms with E-state index in [1.54, 1.807) is 13.8 Å². The molecular formula is C57H72FN27O23. The van der Waals surface area contributed by atoms with Crippen molar-refractivity contribution in [2.24, 2.45) is 11.8 Å². The van der Waals surface area contributed by atoms with Crippen molar-refractivity contribution in [3.05, 3.63) is 67.3 Å². The normalized spacial score (nSPS) is 25.0. The standard InChI is InChI=1S/C16H19N7O6.C15H18N8O5.C10H12FN5O4.C10H15N7O4.C6H8O4/c1-2-28-15(27)7-3-19-23(4-7)16-20-12(17)9-13(21-16)22(6-18-9)14-11(26)10(25)8(5-24)29-14;1-17-13(27)6-2-19-23(3-6)15-20-11(16)8-12(21-15)22(5-18-8)14-10(26)9(25)7(4-24)28-14;11-10-14-7(12)4-8(15-10)16(2-13-4)9-6(19)5(18)3(1-17)20-9;11-7-4-8(15-10(14-7)16-12)17(2-13-4)9-6(20)5(19)3(1-18)21-9;1-2-10-6(9)5(3-7)4-8/h3-4,6,8,10-11,14,24-26H,2,5H2,1H3,(H2,17,20,21);2-3,5,7,9-10,14,24-26H,4H2,1H3,(H,17,27)(H2,16,20,21);2-3,5-6,9,17-19H,1H2,(H2,12,14,15);2-3,5-6,9,18-20H,1,12H2,(H3,11,14,15,16);3-5H,2H2,1H3/t8-,10?,11+,14-;7-,9?,10+,14-;2*3-,5?,6+,9-;/m1111./s1. The highest BCUT2D eigenvalue weighted by Gasteiger charge is 2.48. The number of aldehydes is 2. The number of aromatic nitrogens is 20. The lowest BCUT2D eigenvalue weighted by Gasteiger charge is -2.16. The third-order valence-electron chi connectivity index (χ3n) is 16.5. The molecule has 4 fully saturated rings. The Morgan fingerprint density at radius 1 is 0.509 bits per heavy atom. The van der Waals surface area contributed by atoms with Crippen LogP contribution in [0.25, 0.3) is 56.6 Å². The molecule has 10 aromatic heterocycles. The van der Waals surface area contributed by atoms with Crippen molar-refractivity contribution in [1.82, 2.24) is 103 Å². The summed E-state index contributed by atoms with van der Waals surface area (Å²) < 4.78 is 52.2. The van der Waals surface area contributed by atoms with Gasteiger partial charge < -0.3 is 128 Å². The van der Waals surface area contributed by atoms with Gasteiger partial charge in [-0.2, -0.15) is 54.5 Å². The number of esters is 2. The van der Waals surface area contributed by atoms with Crippen molar-refractivity contribution >= 4 is 104 Å². The monoisotopic (exact) mass is 1520 g/mol. The lowest BCUT2D eigenvalue weighted by atomic mass is 10.1. The highest BCUT2D eigenvalue weighted by Crippen LogP contribution is 2.37. The van der Waals surface area contributed by atoms with Crippen LogP contribution in [0, 0.1) is 12.0 Å². The molecule has 0 bridgehead atoms. The number of rotatable bonds is 18. The zero-order valence-corrected chi connectivity index (χ0v) is 56.4. The summed E-state index contributed by atoms with van der Waals surface area (Å²) in [6, 6.07) is 0. The van der Waals surface area contributed by atoms with Gasteiger partial charge >= 0.3 is 18.0 Å². The van der Waals surface area contributed by atoms with E-state index in [1.165, 1.54) is 84.8 Å². The van der Waals surface area contributed by atoms with E-state index in [-0.39, 0.29) is 118 Å². The van der Waals surface area contributed by atoms with Crippen molar-refractivity contribution in [1.29, 1.82) is 0 Å². The number of hydrogen-bond acceptors (Lipinski definition) is 43. The number of nitrogen functional groups attached to an aromatic ring is 5. The molecule has 16 atom stereocenters. The first-order chi connectivity index (χ1) is 51.7. The molecule has 10 aromatic rings. The number of nitrogens with two attached hydrogens (primary N) is 5. The number of aliphatic hydroxyl groups is 12. The van der Waals surface area contributed by atoms with E-state index in [0.29, 0.717) is 11.1 Å². The van der Waals surface area contributed by atoms with E-state index in [4.69, 9.17) is 62.7 Å². The van der Waals surface area contributed by atoms with Gasteiger partial charge in [0.2, 0.25) is 5.95 Å². The predicted molar refractivity (Wildman–Crippen MR) is 355 cm³/mol. The maximum atomic E-state index is 13.2. The number of ether oxygens (including phenoxy) is 6. The van der Waals surface area contributed by atoms with Crippen LogP contribution in [0.3, 0.4) is 0 Å². The van der Waals surface area contributed by atoms with Crippen LogP contribution >= 0.6 is 0 Å². The fourth-order valence-electron chi connectivity index (χ4n) is 11.0. The lowest BCUT2D eigenvalue weighted by molar-refractivity contribution is -0.150. The second-order valence-electron chi connectivity index (χ2n) is 23.2. The number of nitrogens with one attached hydrogen (secondary N) is 2. The predicted octanol–water partition coefficient (Wildman–Crippen LogP) is -9.02. The van der Waals surface area contributed by atoms with Gasteiger partial charge in [0.1, 0.15) is 102 Å². The first kappa shape index (κ1) is 79.2. The summed E-state index contributed by atoms with van der Waals surface area (Å²) >= 11 is 0. The van der Waals surface area contributed by atoms with E-state index < -0.39 is 149 Å². The molecule has 4 aliphatic heterocycles. The third-order valence-corrected chi connectivity index (χ3v) is 16.5. The molecule has 0 spiro atoms. The number of halogens is 1. The fraction of sp³-hybridized carbons (Fsp3) is 0.456. The molecule has 4 aliphatic rings. The Kier molecular flexibility index (Phi) is 24.9. The Morgan fingerprint density at radius 3 is 1.19 bits per heavy atom. The van der Waals surface area contributed by atoms with Crippen LogP contribution in [0.4, 0.5) is 33.6 Å². The number of carbonyl (C=O) groups is 5. The van der Waals surface area contributed by atoms with E-state index in [0.717, 1.165) is 0 Å². The topological polar surface area (TPSA) is 748 Å². The number of hydrogen-bond donors (Lipinski definition) is 19. The van der Waals surface area contributed by atoms with Crippen molar-refractivity contribution in [2.75, 3.05) is 75.0 Å². The van der Waals surface area contributed by atoms with Crippen molar-refractivity contribution in [2.45, 2.75) is 112 Å². The number of amides is 1. The minimum absolute atomic E-state index is 0.0323. The molecule has 0 aromatic carbocycles. The number of aliphatic hydroxyl groups excluding tert-OH is 12. The second kappa shape index (κ2) is 34.0. The molecule has 51 heteroatoms. The first-order valence-corrected chi connectivity index (χ1v) is 31.9. The largest absolute Gasteiger partial charge is 0.465 e. The maximum absolute atomic E-state index is 13.2. The average molecular weight is 1520 g/mol. The van der Waals surface area contributed by atoms with Crippen LogP contribution in [0.15, 0.2) is 50.1 Å². The highest BCUT2D eigenvalue weighted by molar-refractivity contribution is 6.02. The molecule has 1 amide bonds. The van der Waals surface area contributed by atoms with Crippen molar-refractivity contribution < 1.29 is 118 Å². The van der Waals surface area contributed by atoms with Crippen LogP contribution in [0.1, 0.15) is 59.5 Å². The molecule has 0 saturated carbocycles. The van der Waals surface area contributed by atoms with Crippen LogP contribution in [0.2, 0.25) is 0 Å². The van der Waals surface area contributed by atoms with Crippen molar-refractivity contribution in [3.63, 3.8) is 0 Å². The average Bonchev–Trinajstić information content (AvgIpc) is 1.63. The van der Waals surface area contributed by atoms with Gasteiger partial charge in [-0.1, -0.05) is 0 Å². The van der Waals surface area contributed by atoms with Gasteiger partial charge in [0.15, 0.2) is 82.2 Å².